The lowest BCUT2D eigenvalue weighted by Gasteiger charge is -2.27. The number of rotatable bonds is 6. The van der Waals surface area contributed by atoms with Gasteiger partial charge in [0.25, 0.3) is 0 Å². The first-order valence-corrected chi connectivity index (χ1v) is 8.63. The molecule has 4 heteroatoms. The second-order valence-corrected chi connectivity index (χ2v) is 6.40. The minimum Gasteiger partial charge on any atom is -0.359 e. The SMILES string of the molecule is CCC1C(c2ccc(C)cc2)CCN1C(=O)CCCC(=O)NC. The van der Waals surface area contributed by atoms with Crippen LogP contribution in [-0.2, 0) is 9.59 Å². The number of carbonyl (C=O) groups is 2. The van der Waals surface area contributed by atoms with E-state index in [1.54, 1.807) is 7.05 Å². The molecule has 1 N–H and O–H groups in total. The van der Waals surface area contributed by atoms with Gasteiger partial charge >= 0.3 is 0 Å². The van der Waals surface area contributed by atoms with Gasteiger partial charge in [-0.2, -0.15) is 0 Å². The van der Waals surface area contributed by atoms with Crippen LogP contribution in [0.15, 0.2) is 24.3 Å². The first kappa shape index (κ1) is 17.5. The summed E-state index contributed by atoms with van der Waals surface area (Å²) in [5.41, 5.74) is 2.60. The van der Waals surface area contributed by atoms with Crippen LogP contribution in [0.5, 0.6) is 0 Å². The zero-order valence-electron chi connectivity index (χ0n) is 14.5. The molecule has 126 valence electrons. The van der Waals surface area contributed by atoms with Crippen molar-refractivity contribution in [3.05, 3.63) is 35.4 Å². The van der Waals surface area contributed by atoms with Crippen molar-refractivity contribution in [2.75, 3.05) is 13.6 Å². The molecule has 0 bridgehead atoms. The molecule has 1 aliphatic rings. The highest BCUT2D eigenvalue weighted by Crippen LogP contribution is 2.35. The summed E-state index contributed by atoms with van der Waals surface area (Å²) >= 11 is 0. The predicted octanol–water partition coefficient (Wildman–Crippen LogP) is 3.01. The summed E-state index contributed by atoms with van der Waals surface area (Å²) in [6.45, 7) is 5.08. The van der Waals surface area contributed by atoms with E-state index in [0.717, 1.165) is 19.4 Å². The van der Waals surface area contributed by atoms with Crippen LogP contribution in [0.25, 0.3) is 0 Å². The molecule has 1 aromatic carbocycles. The Bertz CT molecular complexity index is 539. The van der Waals surface area contributed by atoms with E-state index in [1.807, 2.05) is 4.90 Å². The molecule has 0 aliphatic carbocycles. The summed E-state index contributed by atoms with van der Waals surface area (Å²) in [6, 6.07) is 8.97. The normalized spacial score (nSPS) is 20.6. The number of hydrogen-bond donors (Lipinski definition) is 1. The molecule has 0 saturated carbocycles. The molecule has 1 aromatic rings. The molecule has 2 rings (SSSR count). The third kappa shape index (κ3) is 4.34. The van der Waals surface area contributed by atoms with Crippen molar-refractivity contribution in [3.63, 3.8) is 0 Å². The zero-order chi connectivity index (χ0) is 16.8. The molecule has 1 fully saturated rings. The van der Waals surface area contributed by atoms with Gasteiger partial charge < -0.3 is 10.2 Å². The van der Waals surface area contributed by atoms with Gasteiger partial charge in [-0.25, -0.2) is 0 Å². The Labute approximate surface area is 139 Å². The van der Waals surface area contributed by atoms with Gasteiger partial charge in [0.15, 0.2) is 0 Å². The van der Waals surface area contributed by atoms with Crippen molar-refractivity contribution >= 4 is 11.8 Å². The first-order valence-electron chi connectivity index (χ1n) is 8.63. The highest BCUT2D eigenvalue weighted by molar-refractivity contribution is 5.79. The quantitative estimate of drug-likeness (QED) is 0.877. The number of nitrogens with one attached hydrogen (secondary N) is 1. The second kappa shape index (κ2) is 8.14. The topological polar surface area (TPSA) is 49.4 Å². The van der Waals surface area contributed by atoms with Crippen molar-refractivity contribution in [3.8, 4) is 0 Å². The Balaban J connectivity index is 1.97. The molecule has 23 heavy (non-hydrogen) atoms. The van der Waals surface area contributed by atoms with Crippen molar-refractivity contribution in [1.29, 1.82) is 0 Å². The Hall–Kier alpha value is -1.84. The van der Waals surface area contributed by atoms with Gasteiger partial charge in [-0.3, -0.25) is 9.59 Å². The summed E-state index contributed by atoms with van der Waals surface area (Å²) in [7, 11) is 1.63. The average molecular weight is 316 g/mol. The van der Waals surface area contributed by atoms with Gasteiger partial charge in [0.1, 0.15) is 0 Å². The fraction of sp³-hybridized carbons (Fsp3) is 0.579. The number of likely N-dealkylation sites (tertiary alicyclic amines) is 1. The van der Waals surface area contributed by atoms with Crippen LogP contribution in [0.2, 0.25) is 0 Å². The van der Waals surface area contributed by atoms with Crippen LogP contribution in [0.4, 0.5) is 0 Å². The smallest absolute Gasteiger partial charge is 0.222 e. The summed E-state index contributed by atoms with van der Waals surface area (Å²) in [5.74, 6) is 0.627. The van der Waals surface area contributed by atoms with Crippen LogP contribution in [0, 0.1) is 6.92 Å². The van der Waals surface area contributed by atoms with Crippen LogP contribution in [0.1, 0.15) is 56.1 Å². The Kier molecular flexibility index (Phi) is 6.20. The average Bonchev–Trinajstić information content (AvgIpc) is 2.99. The maximum atomic E-state index is 12.5. The van der Waals surface area contributed by atoms with E-state index in [2.05, 4.69) is 43.4 Å². The number of benzene rings is 1. The van der Waals surface area contributed by atoms with Crippen LogP contribution >= 0.6 is 0 Å². The number of carbonyl (C=O) groups excluding carboxylic acids is 2. The lowest BCUT2D eigenvalue weighted by atomic mass is 9.90. The maximum Gasteiger partial charge on any atom is 0.222 e. The maximum absolute atomic E-state index is 12.5. The molecule has 2 amide bonds. The molecule has 4 nitrogen and oxygen atoms in total. The minimum absolute atomic E-state index is 0.00351. The third-order valence-electron chi connectivity index (χ3n) is 4.86. The number of nitrogens with zero attached hydrogens (tertiary/aromatic N) is 1. The van der Waals surface area contributed by atoms with E-state index in [0.29, 0.717) is 25.2 Å². The van der Waals surface area contributed by atoms with E-state index in [1.165, 1.54) is 11.1 Å². The number of amides is 2. The molecular formula is C19H28N2O2. The highest BCUT2D eigenvalue weighted by Gasteiger charge is 2.36. The summed E-state index contributed by atoms with van der Waals surface area (Å²) < 4.78 is 0. The number of aryl methyl sites for hydroxylation is 1. The Morgan fingerprint density at radius 1 is 1.22 bits per heavy atom. The monoisotopic (exact) mass is 316 g/mol. The van der Waals surface area contributed by atoms with Crippen molar-refractivity contribution < 1.29 is 9.59 Å². The highest BCUT2D eigenvalue weighted by atomic mass is 16.2. The van der Waals surface area contributed by atoms with Gasteiger partial charge in [0.05, 0.1) is 0 Å². The molecule has 0 aromatic heterocycles. The van der Waals surface area contributed by atoms with E-state index >= 15 is 0 Å². The zero-order valence-corrected chi connectivity index (χ0v) is 14.5. The largest absolute Gasteiger partial charge is 0.359 e. The van der Waals surface area contributed by atoms with Crippen LogP contribution in [-0.4, -0.2) is 36.3 Å². The van der Waals surface area contributed by atoms with Gasteiger partial charge in [-0.15, -0.1) is 0 Å². The molecule has 2 atom stereocenters. The molecule has 0 radical (unpaired) electrons. The summed E-state index contributed by atoms with van der Waals surface area (Å²) in [5, 5.41) is 2.60. The van der Waals surface area contributed by atoms with Gasteiger partial charge in [-0.1, -0.05) is 36.8 Å². The second-order valence-electron chi connectivity index (χ2n) is 6.40. The first-order chi connectivity index (χ1) is 11.1. The lowest BCUT2D eigenvalue weighted by molar-refractivity contribution is -0.132. The molecule has 1 heterocycles. The predicted molar refractivity (Wildman–Crippen MR) is 92.2 cm³/mol. The molecule has 2 unspecified atom stereocenters. The fourth-order valence-electron chi connectivity index (χ4n) is 3.54. The van der Waals surface area contributed by atoms with Crippen molar-refractivity contribution in [1.82, 2.24) is 10.2 Å². The van der Waals surface area contributed by atoms with E-state index in [-0.39, 0.29) is 17.9 Å². The Morgan fingerprint density at radius 2 is 1.91 bits per heavy atom. The van der Waals surface area contributed by atoms with Crippen molar-refractivity contribution in [2.45, 2.75) is 57.9 Å². The third-order valence-corrected chi connectivity index (χ3v) is 4.86. The molecule has 0 spiro atoms. The van der Waals surface area contributed by atoms with E-state index < -0.39 is 0 Å². The van der Waals surface area contributed by atoms with Gasteiger partial charge in [0, 0.05) is 38.4 Å². The van der Waals surface area contributed by atoms with Crippen LogP contribution in [0.3, 0.4) is 0 Å². The molecular weight excluding hydrogens is 288 g/mol. The summed E-state index contributed by atoms with van der Waals surface area (Å²) in [4.78, 5) is 25.8. The van der Waals surface area contributed by atoms with Gasteiger partial charge in [-0.05, 0) is 31.7 Å². The minimum atomic E-state index is 0.00351. The van der Waals surface area contributed by atoms with E-state index in [4.69, 9.17) is 0 Å². The van der Waals surface area contributed by atoms with Crippen LogP contribution < -0.4 is 5.32 Å². The standard InChI is InChI=1S/C19H28N2O2/c1-4-17-16(15-10-8-14(2)9-11-15)12-13-21(17)19(23)7-5-6-18(22)20-3/h8-11,16-17H,4-7,12-13H2,1-3H3,(H,20,22). The number of hydrogen-bond acceptors (Lipinski definition) is 2. The Morgan fingerprint density at radius 3 is 2.52 bits per heavy atom. The van der Waals surface area contributed by atoms with E-state index in [9.17, 15) is 9.59 Å². The fourth-order valence-corrected chi connectivity index (χ4v) is 3.54. The van der Waals surface area contributed by atoms with Gasteiger partial charge in [0.2, 0.25) is 11.8 Å². The van der Waals surface area contributed by atoms with Crippen molar-refractivity contribution in [2.24, 2.45) is 0 Å². The molecule has 1 aliphatic heterocycles. The lowest BCUT2D eigenvalue weighted by Crippen LogP contribution is -2.37. The summed E-state index contributed by atoms with van der Waals surface area (Å²) in [6.07, 6.45) is 3.52. The molecule has 1 saturated heterocycles.